The second-order valence-electron chi connectivity index (χ2n) is 5.37. The lowest BCUT2D eigenvalue weighted by atomic mass is 10.1. The number of nitrogens with zero attached hydrogens (tertiary/aromatic N) is 1. The number of H-pyrrole nitrogens is 2. The largest absolute Gasteiger partial charge is 0.493 e. The third kappa shape index (κ3) is 3.21. The standard InChI is InChI=1S/C17H20N4O2/c1-3-23-14-6-4-5-13-16(14)12(10-20-13)9-15(22)21-11(2)17-18-7-8-19-17/h4-8,10-11,20H,3,9H2,1-2H3,(H,18,19)(H,21,22)/t11-/m0/s1. The molecule has 3 aromatic rings. The smallest absolute Gasteiger partial charge is 0.225 e. The van der Waals surface area contributed by atoms with Crippen molar-refractivity contribution < 1.29 is 9.53 Å². The molecule has 0 radical (unpaired) electrons. The van der Waals surface area contributed by atoms with Crippen molar-refractivity contribution >= 4 is 16.8 Å². The Kier molecular flexibility index (Phi) is 4.32. The summed E-state index contributed by atoms with van der Waals surface area (Å²) >= 11 is 0. The Morgan fingerprint density at radius 1 is 1.39 bits per heavy atom. The van der Waals surface area contributed by atoms with Crippen molar-refractivity contribution in [3.8, 4) is 5.75 Å². The summed E-state index contributed by atoms with van der Waals surface area (Å²) in [6, 6.07) is 5.68. The minimum atomic E-state index is -0.158. The van der Waals surface area contributed by atoms with Gasteiger partial charge in [-0.3, -0.25) is 4.79 Å². The highest BCUT2D eigenvalue weighted by atomic mass is 16.5. The van der Waals surface area contributed by atoms with Crippen molar-refractivity contribution in [1.29, 1.82) is 0 Å². The number of rotatable bonds is 6. The van der Waals surface area contributed by atoms with Gasteiger partial charge in [0.25, 0.3) is 0 Å². The molecule has 6 nitrogen and oxygen atoms in total. The molecule has 0 aliphatic rings. The Labute approximate surface area is 134 Å². The van der Waals surface area contributed by atoms with Gasteiger partial charge in [-0.1, -0.05) is 6.07 Å². The van der Waals surface area contributed by atoms with E-state index in [-0.39, 0.29) is 18.4 Å². The molecule has 2 aromatic heterocycles. The van der Waals surface area contributed by atoms with E-state index in [0.717, 1.165) is 28.0 Å². The molecule has 23 heavy (non-hydrogen) atoms. The lowest BCUT2D eigenvalue weighted by Gasteiger charge is -2.12. The first-order chi connectivity index (χ1) is 11.2. The molecule has 3 rings (SSSR count). The van der Waals surface area contributed by atoms with Crippen LogP contribution in [0.2, 0.25) is 0 Å². The monoisotopic (exact) mass is 312 g/mol. The normalized spacial score (nSPS) is 12.3. The topological polar surface area (TPSA) is 82.8 Å². The Morgan fingerprint density at radius 3 is 3.00 bits per heavy atom. The van der Waals surface area contributed by atoms with E-state index in [1.807, 2.05) is 38.2 Å². The molecule has 0 bridgehead atoms. The number of ether oxygens (including phenoxy) is 1. The van der Waals surface area contributed by atoms with Crippen LogP contribution in [0.1, 0.15) is 31.3 Å². The maximum atomic E-state index is 12.3. The van der Waals surface area contributed by atoms with Crippen molar-refractivity contribution in [3.05, 3.63) is 48.2 Å². The average molecular weight is 312 g/mol. The van der Waals surface area contributed by atoms with Crippen LogP contribution < -0.4 is 10.1 Å². The van der Waals surface area contributed by atoms with Crippen molar-refractivity contribution in [2.75, 3.05) is 6.61 Å². The molecule has 0 saturated heterocycles. The molecule has 0 spiro atoms. The Morgan fingerprint density at radius 2 is 2.26 bits per heavy atom. The molecule has 6 heteroatoms. The Balaban J connectivity index is 1.77. The number of imidazole rings is 1. The highest BCUT2D eigenvalue weighted by Gasteiger charge is 2.15. The predicted octanol–water partition coefficient (Wildman–Crippen LogP) is 2.71. The van der Waals surface area contributed by atoms with Crippen LogP contribution in [0.5, 0.6) is 5.75 Å². The fourth-order valence-electron chi connectivity index (χ4n) is 2.68. The second-order valence-corrected chi connectivity index (χ2v) is 5.37. The molecule has 0 unspecified atom stereocenters. The fraction of sp³-hybridized carbons (Fsp3) is 0.294. The van der Waals surface area contributed by atoms with E-state index in [1.54, 1.807) is 12.4 Å². The zero-order valence-electron chi connectivity index (χ0n) is 13.2. The van der Waals surface area contributed by atoms with Gasteiger partial charge in [0.2, 0.25) is 5.91 Å². The van der Waals surface area contributed by atoms with Crippen molar-refractivity contribution in [3.63, 3.8) is 0 Å². The lowest BCUT2D eigenvalue weighted by molar-refractivity contribution is -0.121. The number of amides is 1. The highest BCUT2D eigenvalue weighted by molar-refractivity contribution is 5.93. The number of aromatic amines is 2. The summed E-state index contributed by atoms with van der Waals surface area (Å²) in [5.74, 6) is 1.49. The van der Waals surface area contributed by atoms with Gasteiger partial charge < -0.3 is 20.0 Å². The molecular formula is C17H20N4O2. The van der Waals surface area contributed by atoms with E-state index in [2.05, 4.69) is 20.3 Å². The summed E-state index contributed by atoms with van der Waals surface area (Å²) in [5, 5.41) is 3.92. The summed E-state index contributed by atoms with van der Waals surface area (Å²) in [5.41, 5.74) is 1.89. The molecule has 0 saturated carbocycles. The first kappa shape index (κ1) is 15.1. The van der Waals surface area contributed by atoms with Crippen molar-refractivity contribution in [2.45, 2.75) is 26.3 Å². The Bertz CT molecular complexity index is 792. The van der Waals surface area contributed by atoms with E-state index in [9.17, 15) is 4.79 Å². The van der Waals surface area contributed by atoms with Gasteiger partial charge in [0.05, 0.1) is 19.1 Å². The zero-order chi connectivity index (χ0) is 16.2. The molecule has 1 aromatic carbocycles. The molecule has 2 heterocycles. The number of aromatic nitrogens is 3. The summed E-state index contributed by atoms with van der Waals surface area (Å²) in [7, 11) is 0. The summed E-state index contributed by atoms with van der Waals surface area (Å²) < 4.78 is 5.67. The summed E-state index contributed by atoms with van der Waals surface area (Å²) in [4.78, 5) is 22.7. The van der Waals surface area contributed by atoms with Crippen LogP contribution in [0.15, 0.2) is 36.8 Å². The van der Waals surface area contributed by atoms with E-state index >= 15 is 0 Å². The third-order valence-electron chi connectivity index (χ3n) is 3.71. The maximum Gasteiger partial charge on any atom is 0.225 e. The number of carbonyl (C=O) groups excluding carboxylic acids is 1. The quantitative estimate of drug-likeness (QED) is 0.654. The predicted molar refractivity (Wildman–Crippen MR) is 88.3 cm³/mol. The molecule has 0 fully saturated rings. The van der Waals surface area contributed by atoms with Gasteiger partial charge in [-0.2, -0.15) is 0 Å². The summed E-state index contributed by atoms with van der Waals surface area (Å²) in [6.45, 7) is 4.44. The lowest BCUT2D eigenvalue weighted by Crippen LogP contribution is -2.28. The van der Waals surface area contributed by atoms with Crippen molar-refractivity contribution in [1.82, 2.24) is 20.3 Å². The van der Waals surface area contributed by atoms with Crippen LogP contribution in [0.25, 0.3) is 10.9 Å². The van der Waals surface area contributed by atoms with Crippen LogP contribution in [-0.2, 0) is 11.2 Å². The van der Waals surface area contributed by atoms with Gasteiger partial charge in [-0.25, -0.2) is 4.98 Å². The number of nitrogens with one attached hydrogen (secondary N) is 3. The highest BCUT2D eigenvalue weighted by Crippen LogP contribution is 2.29. The molecule has 120 valence electrons. The van der Waals surface area contributed by atoms with Gasteiger partial charge in [-0.15, -0.1) is 0 Å². The number of benzene rings is 1. The van der Waals surface area contributed by atoms with Crippen molar-refractivity contribution in [2.24, 2.45) is 0 Å². The van der Waals surface area contributed by atoms with Gasteiger partial charge in [0, 0.05) is 29.5 Å². The third-order valence-corrected chi connectivity index (χ3v) is 3.71. The molecule has 1 atom stereocenters. The van der Waals surface area contributed by atoms with Gasteiger partial charge in [0.1, 0.15) is 11.6 Å². The molecule has 3 N–H and O–H groups in total. The molecular weight excluding hydrogens is 292 g/mol. The Hall–Kier alpha value is -2.76. The minimum absolute atomic E-state index is 0.0545. The number of fused-ring (bicyclic) bond motifs is 1. The minimum Gasteiger partial charge on any atom is -0.493 e. The van der Waals surface area contributed by atoms with Gasteiger partial charge >= 0.3 is 0 Å². The second kappa shape index (κ2) is 6.56. The summed E-state index contributed by atoms with van der Waals surface area (Å²) in [6.07, 6.45) is 5.57. The van der Waals surface area contributed by atoms with Crippen LogP contribution in [0.3, 0.4) is 0 Å². The molecule has 1 amide bonds. The van der Waals surface area contributed by atoms with E-state index in [0.29, 0.717) is 6.61 Å². The number of hydrogen-bond acceptors (Lipinski definition) is 3. The van der Waals surface area contributed by atoms with Crippen LogP contribution >= 0.6 is 0 Å². The average Bonchev–Trinajstić information content (AvgIpc) is 3.18. The van der Waals surface area contributed by atoms with E-state index in [1.165, 1.54) is 0 Å². The van der Waals surface area contributed by atoms with Gasteiger partial charge in [-0.05, 0) is 31.5 Å². The first-order valence-electron chi connectivity index (χ1n) is 7.69. The van der Waals surface area contributed by atoms with E-state index < -0.39 is 0 Å². The first-order valence-corrected chi connectivity index (χ1v) is 7.69. The SMILES string of the molecule is CCOc1cccc2[nH]cc(CC(=O)N[C@@H](C)c3ncc[nH]3)c12. The molecule has 0 aliphatic carbocycles. The van der Waals surface area contributed by atoms with Crippen LogP contribution in [0, 0.1) is 0 Å². The zero-order valence-corrected chi connectivity index (χ0v) is 13.2. The van der Waals surface area contributed by atoms with E-state index in [4.69, 9.17) is 4.74 Å². The number of hydrogen-bond donors (Lipinski definition) is 3. The maximum absolute atomic E-state index is 12.3. The van der Waals surface area contributed by atoms with Gasteiger partial charge in [0.15, 0.2) is 0 Å². The van der Waals surface area contributed by atoms with Crippen LogP contribution in [-0.4, -0.2) is 27.5 Å². The van der Waals surface area contributed by atoms with Crippen LogP contribution in [0.4, 0.5) is 0 Å². The fourth-order valence-corrected chi connectivity index (χ4v) is 2.68. The number of carbonyl (C=O) groups is 1. The molecule has 0 aliphatic heterocycles.